The molecule has 2 heterocycles. The summed E-state index contributed by atoms with van der Waals surface area (Å²) in [5, 5.41) is 21.0. The van der Waals surface area contributed by atoms with E-state index in [4.69, 9.17) is 23.2 Å². The fourth-order valence-corrected chi connectivity index (χ4v) is 8.75. The Labute approximate surface area is 283 Å². The van der Waals surface area contributed by atoms with Crippen LogP contribution in [0.4, 0.5) is 14.5 Å². The van der Waals surface area contributed by atoms with Crippen molar-refractivity contribution in [3.05, 3.63) is 99.0 Å². The molecule has 0 bridgehead atoms. The first-order valence-corrected chi connectivity index (χ1v) is 16.8. The Balaban J connectivity index is 1.67. The van der Waals surface area contributed by atoms with Crippen LogP contribution in [-0.4, -0.2) is 40.1 Å². The zero-order chi connectivity index (χ0) is 33.8. The standard InChI is InChI=1S/C37H37Cl2F2N3O3/c1-36(2,3)19-29-37(20-42,26-17-14-23(38)18-28(26)40)30(25-10-7-11-27(39)31(25)41)32-34(45)43(24-15-12-22(13-16-24)35(46)47)33(44(29)32)21-8-5-4-6-9-21/h7,10-18,21,29-30,32-33H,4-6,8-9,19H2,1-3H3,(H,46,47)/t29-,30-,32+,33+,37-/m0/s1. The number of carboxylic acid groups (broad SMARTS) is 1. The van der Waals surface area contributed by atoms with Gasteiger partial charge >= 0.3 is 5.97 Å². The number of carbonyl (C=O) groups is 2. The summed E-state index contributed by atoms with van der Waals surface area (Å²) in [6.07, 6.45) is 4.51. The van der Waals surface area contributed by atoms with Crippen molar-refractivity contribution >= 4 is 40.8 Å². The molecule has 1 N–H and O–H groups in total. The largest absolute Gasteiger partial charge is 0.478 e. The second kappa shape index (κ2) is 12.5. The normalized spacial score (nSPS) is 26.8. The predicted molar refractivity (Wildman–Crippen MR) is 178 cm³/mol. The summed E-state index contributed by atoms with van der Waals surface area (Å²) in [4.78, 5) is 30.6. The molecule has 2 aliphatic heterocycles. The summed E-state index contributed by atoms with van der Waals surface area (Å²) in [5.74, 6) is -4.02. The lowest BCUT2D eigenvalue weighted by atomic mass is 9.62. The van der Waals surface area contributed by atoms with Gasteiger partial charge in [-0.2, -0.15) is 5.26 Å². The number of aromatic carboxylic acids is 1. The van der Waals surface area contributed by atoms with Gasteiger partial charge in [-0.3, -0.25) is 14.6 Å². The molecular weight excluding hydrogens is 643 g/mol. The Morgan fingerprint density at radius 1 is 1.04 bits per heavy atom. The van der Waals surface area contributed by atoms with E-state index in [1.807, 2.05) is 20.8 Å². The first-order chi connectivity index (χ1) is 22.3. The SMILES string of the molecule is CC(C)(C)C[C@@H]1N2[C@H](C3CCCCC3)N(c3ccc(C(=O)O)cc3)C(=O)[C@H]2[C@H](c2cccc(Cl)c2F)[C@@]1(C#N)c1ccc(Cl)cc1F. The van der Waals surface area contributed by atoms with Crippen LogP contribution in [0.25, 0.3) is 0 Å². The molecule has 3 aromatic rings. The molecule has 0 aromatic heterocycles. The third kappa shape index (κ3) is 5.60. The van der Waals surface area contributed by atoms with Crippen LogP contribution in [0.5, 0.6) is 0 Å². The van der Waals surface area contributed by atoms with E-state index in [1.54, 1.807) is 23.1 Å². The highest BCUT2D eigenvalue weighted by atomic mass is 35.5. The Morgan fingerprint density at radius 3 is 2.32 bits per heavy atom. The summed E-state index contributed by atoms with van der Waals surface area (Å²) in [7, 11) is 0. The van der Waals surface area contributed by atoms with Crippen molar-refractivity contribution in [1.29, 1.82) is 5.26 Å². The number of amides is 1. The molecule has 1 amide bonds. The Kier molecular flexibility index (Phi) is 8.88. The van der Waals surface area contributed by atoms with Crippen molar-refractivity contribution in [1.82, 2.24) is 4.90 Å². The highest BCUT2D eigenvalue weighted by Gasteiger charge is 2.70. The number of carbonyl (C=O) groups excluding carboxylic acids is 1. The molecule has 0 spiro atoms. The molecule has 246 valence electrons. The van der Waals surface area contributed by atoms with Gasteiger partial charge in [-0.25, -0.2) is 13.6 Å². The van der Waals surface area contributed by atoms with Gasteiger partial charge in [-0.05, 0) is 78.6 Å². The van der Waals surface area contributed by atoms with Gasteiger partial charge in [0.25, 0.3) is 0 Å². The minimum absolute atomic E-state index is 0.00809. The zero-order valence-electron chi connectivity index (χ0n) is 26.5. The number of anilines is 1. The molecule has 47 heavy (non-hydrogen) atoms. The quantitative estimate of drug-likeness (QED) is 0.281. The first kappa shape index (κ1) is 33.4. The van der Waals surface area contributed by atoms with Crippen LogP contribution >= 0.6 is 23.2 Å². The number of benzene rings is 3. The topological polar surface area (TPSA) is 84.6 Å². The molecule has 3 fully saturated rings. The third-order valence-electron chi connectivity index (χ3n) is 10.2. The van der Waals surface area contributed by atoms with Gasteiger partial charge in [-0.1, -0.05) is 81.4 Å². The summed E-state index contributed by atoms with van der Waals surface area (Å²) in [6.45, 7) is 6.10. The maximum Gasteiger partial charge on any atom is 0.335 e. The number of hydrogen-bond acceptors (Lipinski definition) is 4. The highest BCUT2D eigenvalue weighted by molar-refractivity contribution is 6.31. The number of fused-ring (bicyclic) bond motifs is 1. The van der Waals surface area contributed by atoms with Crippen molar-refractivity contribution in [2.24, 2.45) is 11.3 Å². The number of carboxylic acids is 1. The van der Waals surface area contributed by atoms with Crippen molar-refractivity contribution < 1.29 is 23.5 Å². The van der Waals surface area contributed by atoms with Crippen molar-refractivity contribution in [2.75, 3.05) is 4.90 Å². The third-order valence-corrected chi connectivity index (χ3v) is 10.7. The zero-order valence-corrected chi connectivity index (χ0v) is 28.0. The second-order valence-electron chi connectivity index (χ2n) is 14.3. The number of nitriles is 1. The lowest BCUT2D eigenvalue weighted by Crippen LogP contribution is -2.54. The number of halogens is 4. The maximum absolute atomic E-state index is 16.3. The molecule has 6 nitrogen and oxygen atoms in total. The average Bonchev–Trinajstić information content (AvgIpc) is 3.47. The smallest absolute Gasteiger partial charge is 0.335 e. The van der Waals surface area contributed by atoms with Gasteiger partial charge in [-0.15, -0.1) is 0 Å². The van der Waals surface area contributed by atoms with E-state index in [-0.39, 0.29) is 38.6 Å². The Bertz CT molecular complexity index is 1750. The Morgan fingerprint density at radius 2 is 1.72 bits per heavy atom. The van der Waals surface area contributed by atoms with E-state index in [1.165, 1.54) is 36.4 Å². The highest BCUT2D eigenvalue weighted by Crippen LogP contribution is 2.61. The van der Waals surface area contributed by atoms with Gasteiger partial charge in [0.15, 0.2) is 0 Å². The summed E-state index contributed by atoms with van der Waals surface area (Å²) in [5.41, 5.74) is -1.37. The van der Waals surface area contributed by atoms with Crippen molar-refractivity contribution in [3.8, 4) is 6.07 Å². The van der Waals surface area contributed by atoms with E-state index in [0.717, 1.165) is 38.2 Å². The minimum Gasteiger partial charge on any atom is -0.478 e. The second-order valence-corrected chi connectivity index (χ2v) is 15.1. The number of nitrogens with zero attached hydrogens (tertiary/aromatic N) is 3. The lowest BCUT2D eigenvalue weighted by Gasteiger charge is -2.45. The maximum atomic E-state index is 16.3. The van der Waals surface area contributed by atoms with Crippen LogP contribution in [0.15, 0.2) is 60.7 Å². The van der Waals surface area contributed by atoms with E-state index in [9.17, 15) is 15.2 Å². The molecule has 3 aromatic carbocycles. The van der Waals surface area contributed by atoms with Crippen molar-refractivity contribution in [3.63, 3.8) is 0 Å². The fraction of sp³-hybridized carbons (Fsp3) is 0.432. The van der Waals surface area contributed by atoms with Crippen LogP contribution < -0.4 is 4.90 Å². The predicted octanol–water partition coefficient (Wildman–Crippen LogP) is 8.96. The summed E-state index contributed by atoms with van der Waals surface area (Å²) in [6, 6.07) is 15.6. The molecule has 0 unspecified atom stereocenters. The summed E-state index contributed by atoms with van der Waals surface area (Å²) < 4.78 is 32.6. The van der Waals surface area contributed by atoms with Gasteiger partial charge < -0.3 is 5.11 Å². The van der Waals surface area contributed by atoms with Crippen LogP contribution in [0.3, 0.4) is 0 Å². The monoisotopic (exact) mass is 679 g/mol. The van der Waals surface area contributed by atoms with E-state index in [0.29, 0.717) is 12.1 Å². The van der Waals surface area contributed by atoms with Gasteiger partial charge in [0.1, 0.15) is 23.1 Å². The van der Waals surface area contributed by atoms with Crippen molar-refractivity contribution in [2.45, 2.75) is 88.9 Å². The molecule has 1 saturated carbocycles. The van der Waals surface area contributed by atoms with Crippen LogP contribution in [0.2, 0.25) is 10.0 Å². The molecular formula is C37H37Cl2F2N3O3. The van der Waals surface area contributed by atoms with Gasteiger partial charge in [0.2, 0.25) is 5.91 Å². The average molecular weight is 681 g/mol. The molecule has 5 atom stereocenters. The van der Waals surface area contributed by atoms with Gasteiger partial charge in [0.05, 0.1) is 22.8 Å². The minimum atomic E-state index is -1.71. The molecule has 10 heteroatoms. The fourth-order valence-electron chi connectivity index (χ4n) is 8.41. The number of rotatable bonds is 6. The van der Waals surface area contributed by atoms with Crippen LogP contribution in [-0.2, 0) is 10.2 Å². The lowest BCUT2D eigenvalue weighted by molar-refractivity contribution is -0.119. The molecule has 1 aliphatic carbocycles. The van der Waals surface area contributed by atoms with E-state index in [2.05, 4.69) is 11.0 Å². The van der Waals surface area contributed by atoms with Gasteiger partial charge in [0, 0.05) is 28.2 Å². The Hall–Kier alpha value is -3.51. The first-order valence-electron chi connectivity index (χ1n) is 16.0. The van der Waals surface area contributed by atoms with Crippen LogP contribution in [0, 0.1) is 34.3 Å². The molecule has 3 aliphatic rings. The van der Waals surface area contributed by atoms with E-state index < -0.39 is 52.6 Å². The van der Waals surface area contributed by atoms with Crippen LogP contribution in [0.1, 0.15) is 86.7 Å². The summed E-state index contributed by atoms with van der Waals surface area (Å²) >= 11 is 12.6. The molecule has 2 saturated heterocycles. The molecule has 6 rings (SSSR count). The van der Waals surface area contributed by atoms with E-state index >= 15 is 13.6 Å². The molecule has 0 radical (unpaired) electrons. The number of hydrogen-bond donors (Lipinski definition) is 1.